The van der Waals surface area contributed by atoms with Gasteiger partial charge < -0.3 is 10.6 Å². The van der Waals surface area contributed by atoms with Gasteiger partial charge in [0.05, 0.1) is 6.07 Å². The minimum absolute atomic E-state index is 0.651. The van der Waals surface area contributed by atoms with Gasteiger partial charge in [-0.25, -0.2) is 0 Å². The molecule has 2 fully saturated rings. The number of likely N-dealkylation sites (N-methyl/N-ethyl adjacent to an activating group) is 1. The molecule has 4 heteroatoms. The molecule has 0 aromatic heterocycles. The molecule has 102 valence electrons. The number of nitriles is 1. The molecule has 2 bridgehead atoms. The molecule has 2 saturated heterocycles. The van der Waals surface area contributed by atoms with E-state index < -0.39 is 5.54 Å². The van der Waals surface area contributed by atoms with Crippen molar-refractivity contribution >= 4 is 0 Å². The minimum atomic E-state index is -0.651. The summed E-state index contributed by atoms with van der Waals surface area (Å²) in [6.07, 6.45) is 5.85. The summed E-state index contributed by atoms with van der Waals surface area (Å²) in [5, 5.41) is 8.90. The summed E-state index contributed by atoms with van der Waals surface area (Å²) in [7, 11) is 2.28. The van der Waals surface area contributed by atoms with E-state index in [0.717, 1.165) is 31.5 Å². The smallest absolute Gasteiger partial charge is 0.101 e. The van der Waals surface area contributed by atoms with Gasteiger partial charge >= 0.3 is 0 Å². The third-order valence-corrected chi connectivity index (χ3v) is 4.66. The number of fused-ring (bicyclic) bond motifs is 2. The van der Waals surface area contributed by atoms with E-state index in [4.69, 9.17) is 11.0 Å². The minimum Gasteiger partial charge on any atom is -0.314 e. The van der Waals surface area contributed by atoms with Crippen molar-refractivity contribution in [3.63, 3.8) is 0 Å². The van der Waals surface area contributed by atoms with Gasteiger partial charge in [-0.15, -0.1) is 0 Å². The van der Waals surface area contributed by atoms with E-state index in [1.807, 2.05) is 6.92 Å². The van der Waals surface area contributed by atoms with Crippen LogP contribution in [0, 0.1) is 11.3 Å². The molecule has 2 rings (SSSR count). The largest absolute Gasteiger partial charge is 0.314 e. The normalized spacial score (nSPS) is 32.8. The van der Waals surface area contributed by atoms with Gasteiger partial charge in [0.25, 0.3) is 0 Å². The summed E-state index contributed by atoms with van der Waals surface area (Å²) in [4.78, 5) is 5.14. The van der Waals surface area contributed by atoms with Crippen molar-refractivity contribution < 1.29 is 0 Å². The van der Waals surface area contributed by atoms with Gasteiger partial charge in [-0.2, -0.15) is 5.26 Å². The molecule has 0 aliphatic carbocycles. The van der Waals surface area contributed by atoms with E-state index in [2.05, 4.69) is 22.9 Å². The Bertz CT molecular complexity index is 320. The highest BCUT2D eigenvalue weighted by Crippen LogP contribution is 2.28. The van der Waals surface area contributed by atoms with Crippen molar-refractivity contribution in [1.82, 2.24) is 9.80 Å². The highest BCUT2D eigenvalue weighted by atomic mass is 15.3. The van der Waals surface area contributed by atoms with Crippen LogP contribution in [-0.2, 0) is 0 Å². The molecule has 0 radical (unpaired) electrons. The number of nitrogens with zero attached hydrogens (tertiary/aromatic N) is 3. The van der Waals surface area contributed by atoms with Gasteiger partial charge in [0.1, 0.15) is 5.54 Å². The van der Waals surface area contributed by atoms with Crippen molar-refractivity contribution in [2.45, 2.75) is 56.7 Å². The van der Waals surface area contributed by atoms with Gasteiger partial charge in [-0.3, -0.25) is 4.90 Å². The first kappa shape index (κ1) is 13.8. The zero-order valence-electron chi connectivity index (χ0n) is 11.7. The van der Waals surface area contributed by atoms with E-state index in [1.165, 1.54) is 32.4 Å². The van der Waals surface area contributed by atoms with Crippen molar-refractivity contribution in [1.29, 1.82) is 5.26 Å². The van der Waals surface area contributed by atoms with Crippen LogP contribution in [0.25, 0.3) is 0 Å². The summed E-state index contributed by atoms with van der Waals surface area (Å²) in [6, 6.07) is 3.73. The summed E-state index contributed by atoms with van der Waals surface area (Å²) in [5.41, 5.74) is 5.21. The van der Waals surface area contributed by atoms with Gasteiger partial charge in [0, 0.05) is 18.6 Å². The van der Waals surface area contributed by atoms with Crippen LogP contribution in [-0.4, -0.2) is 54.1 Å². The zero-order valence-corrected chi connectivity index (χ0v) is 11.7. The lowest BCUT2D eigenvalue weighted by Gasteiger charge is -2.26. The molecule has 2 aliphatic heterocycles. The average molecular weight is 250 g/mol. The second-order valence-corrected chi connectivity index (χ2v) is 6.27. The fourth-order valence-electron chi connectivity index (χ4n) is 3.31. The van der Waals surface area contributed by atoms with Crippen LogP contribution in [0.3, 0.4) is 0 Å². The van der Waals surface area contributed by atoms with Crippen molar-refractivity contribution in [2.24, 2.45) is 5.73 Å². The molecule has 2 aliphatic rings. The van der Waals surface area contributed by atoms with Crippen LogP contribution in [0.4, 0.5) is 0 Å². The van der Waals surface area contributed by atoms with E-state index in [9.17, 15) is 0 Å². The van der Waals surface area contributed by atoms with Crippen molar-refractivity contribution in [3.8, 4) is 6.07 Å². The third-order valence-electron chi connectivity index (χ3n) is 4.66. The number of hydrogen-bond donors (Lipinski definition) is 1. The Morgan fingerprint density at radius 2 is 2.06 bits per heavy atom. The molecule has 2 heterocycles. The molecule has 0 spiro atoms. The molecule has 0 saturated carbocycles. The average Bonchev–Trinajstić information content (AvgIpc) is 2.56. The summed E-state index contributed by atoms with van der Waals surface area (Å²) < 4.78 is 0. The Hall–Kier alpha value is -0.630. The molecular formula is C14H26N4. The Balaban J connectivity index is 1.76. The first-order valence-electron chi connectivity index (χ1n) is 7.16. The van der Waals surface area contributed by atoms with Crippen LogP contribution in [0.1, 0.15) is 39.0 Å². The molecule has 0 amide bonds. The van der Waals surface area contributed by atoms with Crippen LogP contribution >= 0.6 is 0 Å². The standard InChI is InChI=1S/C14H26N4/c1-14(16,11-15)7-3-8-18-9-6-12-4-5-13(10-18)17(12)2/h12-13H,3-10,16H2,1-2H3. The van der Waals surface area contributed by atoms with Crippen molar-refractivity contribution in [3.05, 3.63) is 0 Å². The SMILES string of the molecule is CN1C2CCC1CN(CCCC(C)(N)C#N)CC2. The molecule has 3 unspecified atom stereocenters. The highest BCUT2D eigenvalue weighted by molar-refractivity contribution is 5.00. The zero-order chi connectivity index (χ0) is 13.2. The summed E-state index contributed by atoms with van der Waals surface area (Å²) in [5.74, 6) is 0. The van der Waals surface area contributed by atoms with Crippen LogP contribution in [0.15, 0.2) is 0 Å². The number of rotatable bonds is 4. The number of nitrogens with two attached hydrogens (primary N) is 1. The molecule has 3 atom stereocenters. The third kappa shape index (κ3) is 3.23. The molecule has 4 nitrogen and oxygen atoms in total. The Morgan fingerprint density at radius 1 is 1.33 bits per heavy atom. The first-order chi connectivity index (χ1) is 8.52. The Kier molecular flexibility index (Phi) is 4.26. The second-order valence-electron chi connectivity index (χ2n) is 6.27. The maximum Gasteiger partial charge on any atom is 0.101 e. The predicted molar refractivity (Wildman–Crippen MR) is 73.1 cm³/mol. The summed E-state index contributed by atoms with van der Waals surface area (Å²) in [6.45, 7) is 5.32. The van der Waals surface area contributed by atoms with Crippen LogP contribution in [0.5, 0.6) is 0 Å². The lowest BCUT2D eigenvalue weighted by atomic mass is 9.99. The van der Waals surface area contributed by atoms with Crippen LogP contribution < -0.4 is 5.73 Å². The van der Waals surface area contributed by atoms with Gasteiger partial charge in [-0.1, -0.05) is 0 Å². The van der Waals surface area contributed by atoms with Gasteiger partial charge in [0.15, 0.2) is 0 Å². The lowest BCUT2D eigenvalue weighted by Crippen LogP contribution is -2.38. The van der Waals surface area contributed by atoms with Crippen molar-refractivity contribution in [2.75, 3.05) is 26.7 Å². The van der Waals surface area contributed by atoms with Gasteiger partial charge in [0.2, 0.25) is 0 Å². The van der Waals surface area contributed by atoms with E-state index in [-0.39, 0.29) is 0 Å². The highest BCUT2D eigenvalue weighted by Gasteiger charge is 2.34. The van der Waals surface area contributed by atoms with Crippen LogP contribution in [0.2, 0.25) is 0 Å². The maximum atomic E-state index is 8.90. The van der Waals surface area contributed by atoms with E-state index in [1.54, 1.807) is 0 Å². The molecule has 18 heavy (non-hydrogen) atoms. The monoisotopic (exact) mass is 250 g/mol. The first-order valence-corrected chi connectivity index (χ1v) is 7.16. The van der Waals surface area contributed by atoms with E-state index >= 15 is 0 Å². The maximum absolute atomic E-state index is 8.90. The van der Waals surface area contributed by atoms with Gasteiger partial charge in [-0.05, 0) is 59.2 Å². The number of hydrogen-bond acceptors (Lipinski definition) is 4. The number of likely N-dealkylation sites (tertiary alicyclic amines) is 1. The fraction of sp³-hybridized carbons (Fsp3) is 0.929. The lowest BCUT2D eigenvalue weighted by molar-refractivity contribution is 0.215. The van der Waals surface area contributed by atoms with E-state index in [0.29, 0.717) is 0 Å². The Labute approximate surface area is 111 Å². The Morgan fingerprint density at radius 3 is 2.78 bits per heavy atom. The predicted octanol–water partition coefficient (Wildman–Crippen LogP) is 1.18. The quantitative estimate of drug-likeness (QED) is 0.814. The topological polar surface area (TPSA) is 56.3 Å². The second kappa shape index (κ2) is 5.56. The fourth-order valence-corrected chi connectivity index (χ4v) is 3.31. The molecule has 0 aromatic carbocycles. The summed E-state index contributed by atoms with van der Waals surface area (Å²) >= 11 is 0. The molecule has 2 N–H and O–H groups in total. The molecule has 0 aromatic rings. The molecular weight excluding hydrogens is 224 g/mol.